The summed E-state index contributed by atoms with van der Waals surface area (Å²) in [5, 5.41) is 3.80. The minimum Gasteiger partial charge on any atom is -0.357 e. The molecule has 1 amide bonds. The van der Waals surface area contributed by atoms with E-state index in [2.05, 4.69) is 15.3 Å². The number of imidazole rings is 1. The number of nitrogens with one attached hydrogen (secondary N) is 1. The lowest BCUT2D eigenvalue weighted by molar-refractivity contribution is -0.131. The van der Waals surface area contributed by atoms with Crippen LogP contribution in [0.25, 0.3) is 0 Å². The first kappa shape index (κ1) is 25.3. The third-order valence-electron chi connectivity index (χ3n) is 4.84. The van der Waals surface area contributed by atoms with Gasteiger partial charge in [-0.15, -0.1) is 24.0 Å². The highest BCUT2D eigenvalue weighted by Crippen LogP contribution is 2.14. The molecule has 0 bridgehead atoms. The predicted octanol–water partition coefficient (Wildman–Crippen LogP) is 3.40. The van der Waals surface area contributed by atoms with Crippen molar-refractivity contribution in [3.05, 3.63) is 53.1 Å². The van der Waals surface area contributed by atoms with Crippen LogP contribution in [0.4, 0.5) is 8.78 Å². The summed E-state index contributed by atoms with van der Waals surface area (Å²) in [5.74, 6) is 0.886. The summed E-state index contributed by atoms with van der Waals surface area (Å²) in [7, 11) is 0. The van der Waals surface area contributed by atoms with E-state index in [0.717, 1.165) is 10.1 Å². The second-order valence-corrected chi connectivity index (χ2v) is 7.31. The number of halogens is 4. The summed E-state index contributed by atoms with van der Waals surface area (Å²) in [6, 6.07) is 7.30. The predicted molar refractivity (Wildman–Crippen MR) is 127 cm³/mol. The number of hydrogen-bond donors (Lipinski definition) is 1. The molecule has 1 fully saturated rings. The van der Waals surface area contributed by atoms with Gasteiger partial charge in [0.05, 0.1) is 6.42 Å². The molecule has 2 heterocycles. The summed E-state index contributed by atoms with van der Waals surface area (Å²) in [4.78, 5) is 24.9. The van der Waals surface area contributed by atoms with E-state index in [1.807, 2.05) is 28.9 Å². The number of rotatable bonds is 6. The second-order valence-electron chi connectivity index (χ2n) is 6.87. The minimum atomic E-state index is -2.64. The molecule has 0 spiro atoms. The lowest BCUT2D eigenvalue weighted by Gasteiger charge is -2.36. The van der Waals surface area contributed by atoms with Gasteiger partial charge in [-0.05, 0) is 24.6 Å². The van der Waals surface area contributed by atoms with Crippen LogP contribution < -0.4 is 5.32 Å². The summed E-state index contributed by atoms with van der Waals surface area (Å²) in [6.45, 7) is 2.34. The number of carbonyl (C=O) groups is 1. The van der Waals surface area contributed by atoms with Crippen molar-refractivity contribution in [2.45, 2.75) is 26.4 Å². The second kappa shape index (κ2) is 12.2. The molecule has 7 nitrogen and oxygen atoms in total. The Labute approximate surface area is 202 Å². The average Bonchev–Trinajstić information content (AvgIpc) is 3.20. The van der Waals surface area contributed by atoms with E-state index in [-0.39, 0.29) is 42.3 Å². The molecule has 0 saturated carbocycles. The van der Waals surface area contributed by atoms with Crippen LogP contribution in [0.3, 0.4) is 0 Å². The molecule has 11 heteroatoms. The molecule has 0 radical (unpaired) electrons. The smallest absolute Gasteiger partial charge is 0.319 e. The first-order chi connectivity index (χ1) is 14.5. The summed E-state index contributed by atoms with van der Waals surface area (Å²) >= 11 is 5.99. The van der Waals surface area contributed by atoms with E-state index in [9.17, 15) is 13.6 Å². The SMILES string of the molecule is CCNC(=NCc1nccn1C(F)F)N1CCN(C(=O)Cc2cccc(Cl)c2)CC1.I. The number of carbonyl (C=O) groups excluding carboxylic acids is 1. The third-order valence-corrected chi connectivity index (χ3v) is 5.08. The van der Waals surface area contributed by atoms with Crippen LogP contribution >= 0.6 is 35.6 Å². The lowest BCUT2D eigenvalue weighted by atomic mass is 10.1. The van der Waals surface area contributed by atoms with E-state index in [1.54, 1.807) is 12.1 Å². The van der Waals surface area contributed by atoms with Gasteiger partial charge >= 0.3 is 6.55 Å². The molecule has 0 atom stereocenters. The number of alkyl halides is 2. The Balaban J connectivity index is 0.00000341. The zero-order valence-electron chi connectivity index (χ0n) is 17.2. The molecule has 0 unspecified atom stereocenters. The zero-order valence-corrected chi connectivity index (χ0v) is 20.3. The maximum Gasteiger partial charge on any atom is 0.319 e. The number of hydrogen-bond acceptors (Lipinski definition) is 3. The van der Waals surface area contributed by atoms with Crippen molar-refractivity contribution >= 4 is 47.4 Å². The molecule has 1 aliphatic rings. The molecule has 2 aromatic rings. The molecule has 3 rings (SSSR count). The van der Waals surface area contributed by atoms with Crippen LogP contribution in [-0.2, 0) is 17.8 Å². The standard InChI is InChI=1S/C20H25ClF2N6O.HI/c1-2-24-20(26-14-17-25-6-7-29(17)19(22)23)28-10-8-27(9-11-28)18(30)13-15-4-3-5-16(21)12-15;/h3-7,12,19H,2,8-11,13-14H2,1H3,(H,24,26);1H. The lowest BCUT2D eigenvalue weighted by Crippen LogP contribution is -2.54. The van der Waals surface area contributed by atoms with Gasteiger partial charge < -0.3 is 15.1 Å². The van der Waals surface area contributed by atoms with Crippen molar-refractivity contribution in [1.29, 1.82) is 0 Å². The quantitative estimate of drug-likeness (QED) is 0.331. The highest BCUT2D eigenvalue weighted by atomic mass is 127. The summed E-state index contributed by atoms with van der Waals surface area (Å²) in [5.41, 5.74) is 0.888. The molecule has 1 saturated heterocycles. The third kappa shape index (κ3) is 7.03. The number of aliphatic imine (C=N–C) groups is 1. The molecule has 1 aliphatic heterocycles. The van der Waals surface area contributed by atoms with E-state index in [1.165, 1.54) is 12.4 Å². The van der Waals surface area contributed by atoms with Gasteiger partial charge in [-0.2, -0.15) is 8.78 Å². The fourth-order valence-electron chi connectivity index (χ4n) is 3.32. The Bertz CT molecular complexity index is 886. The van der Waals surface area contributed by atoms with E-state index >= 15 is 0 Å². The van der Waals surface area contributed by atoms with Gasteiger partial charge in [0.1, 0.15) is 12.4 Å². The first-order valence-electron chi connectivity index (χ1n) is 9.83. The number of piperazine rings is 1. The molecule has 1 aromatic carbocycles. The zero-order chi connectivity index (χ0) is 21.5. The Morgan fingerprint density at radius 3 is 2.61 bits per heavy atom. The van der Waals surface area contributed by atoms with Crippen LogP contribution in [0.2, 0.25) is 5.02 Å². The van der Waals surface area contributed by atoms with Gasteiger partial charge in [0.25, 0.3) is 0 Å². The van der Waals surface area contributed by atoms with Crippen molar-refractivity contribution in [2.75, 3.05) is 32.7 Å². The highest BCUT2D eigenvalue weighted by Gasteiger charge is 2.23. The van der Waals surface area contributed by atoms with Gasteiger partial charge in [0.15, 0.2) is 5.96 Å². The van der Waals surface area contributed by atoms with Crippen molar-refractivity contribution < 1.29 is 13.6 Å². The Kier molecular flexibility index (Phi) is 9.94. The molecular weight excluding hydrogens is 541 g/mol. The van der Waals surface area contributed by atoms with Crippen molar-refractivity contribution in [2.24, 2.45) is 4.99 Å². The Morgan fingerprint density at radius 1 is 1.26 bits per heavy atom. The van der Waals surface area contributed by atoms with E-state index in [4.69, 9.17) is 11.6 Å². The monoisotopic (exact) mass is 566 g/mol. The largest absolute Gasteiger partial charge is 0.357 e. The highest BCUT2D eigenvalue weighted by molar-refractivity contribution is 14.0. The molecule has 31 heavy (non-hydrogen) atoms. The van der Waals surface area contributed by atoms with Crippen molar-refractivity contribution in [3.8, 4) is 0 Å². The Morgan fingerprint density at radius 2 is 1.97 bits per heavy atom. The average molecular weight is 567 g/mol. The van der Waals surface area contributed by atoms with E-state index in [0.29, 0.717) is 50.1 Å². The number of guanidine groups is 1. The molecular formula is C20H26ClF2IN6O. The van der Waals surface area contributed by atoms with Crippen LogP contribution in [0.5, 0.6) is 0 Å². The maximum atomic E-state index is 13.0. The minimum absolute atomic E-state index is 0. The van der Waals surface area contributed by atoms with E-state index < -0.39 is 6.55 Å². The van der Waals surface area contributed by atoms with Crippen molar-refractivity contribution in [3.63, 3.8) is 0 Å². The summed E-state index contributed by atoms with van der Waals surface area (Å²) in [6.07, 6.45) is 2.89. The topological polar surface area (TPSA) is 65.8 Å². The number of nitrogens with zero attached hydrogens (tertiary/aromatic N) is 5. The summed E-state index contributed by atoms with van der Waals surface area (Å²) < 4.78 is 26.8. The number of aromatic nitrogens is 2. The fraction of sp³-hybridized carbons (Fsp3) is 0.450. The normalized spacial score (nSPS) is 14.5. The van der Waals surface area contributed by atoms with Crippen molar-refractivity contribution in [1.82, 2.24) is 24.7 Å². The van der Waals surface area contributed by atoms with Gasteiger partial charge in [0.2, 0.25) is 5.91 Å². The maximum absolute atomic E-state index is 13.0. The van der Waals surface area contributed by atoms with Gasteiger partial charge in [-0.3, -0.25) is 9.36 Å². The first-order valence-corrected chi connectivity index (χ1v) is 10.2. The molecule has 1 aromatic heterocycles. The molecule has 170 valence electrons. The number of amides is 1. The molecule has 0 aliphatic carbocycles. The number of benzene rings is 1. The van der Waals surface area contributed by atoms with Crippen LogP contribution in [0, 0.1) is 0 Å². The van der Waals surface area contributed by atoms with Gasteiger partial charge in [0, 0.05) is 50.1 Å². The van der Waals surface area contributed by atoms with Gasteiger partial charge in [-0.1, -0.05) is 23.7 Å². The van der Waals surface area contributed by atoms with Gasteiger partial charge in [-0.25, -0.2) is 9.98 Å². The van der Waals surface area contributed by atoms with Crippen LogP contribution in [0.1, 0.15) is 24.9 Å². The van der Waals surface area contributed by atoms with Crippen LogP contribution in [0.15, 0.2) is 41.7 Å². The van der Waals surface area contributed by atoms with Crippen LogP contribution in [-0.4, -0.2) is 63.9 Å². The molecule has 1 N–H and O–H groups in total. The fourth-order valence-corrected chi connectivity index (χ4v) is 3.53. The Hall–Kier alpha value is -1.95.